The Bertz CT molecular complexity index is 1030. The van der Waals surface area contributed by atoms with E-state index in [-0.39, 0.29) is 16.4 Å². The smallest absolute Gasteiger partial charge is 0.275 e. The van der Waals surface area contributed by atoms with Gasteiger partial charge in [-0.1, -0.05) is 57.2 Å². The Hall–Kier alpha value is -2.29. The molecule has 1 N–H and O–H groups in total. The first-order valence-electron chi connectivity index (χ1n) is 8.79. The van der Waals surface area contributed by atoms with Crippen molar-refractivity contribution < 1.29 is 0 Å². The summed E-state index contributed by atoms with van der Waals surface area (Å²) in [5.74, 6) is 0.373. The predicted molar refractivity (Wildman–Crippen MR) is 97.0 cm³/mol. The number of nitrogens with zero attached hydrogens (tertiary/aromatic N) is 1. The number of aromatic amines is 1. The number of H-pyrrole nitrogens is 1. The van der Waals surface area contributed by atoms with Crippen LogP contribution < -0.4 is 5.56 Å². The maximum Gasteiger partial charge on any atom is 0.275 e. The average Bonchev–Trinajstić information content (AvgIpc) is 3.09. The van der Waals surface area contributed by atoms with Gasteiger partial charge in [0, 0.05) is 22.1 Å². The lowest BCUT2D eigenvalue weighted by molar-refractivity contribution is 0.224. The van der Waals surface area contributed by atoms with Crippen LogP contribution in [0, 0.1) is 5.41 Å². The zero-order valence-corrected chi connectivity index (χ0v) is 14.4. The maximum absolute atomic E-state index is 13.3. The number of aromatic nitrogens is 2. The van der Waals surface area contributed by atoms with E-state index in [0.29, 0.717) is 5.92 Å². The molecule has 24 heavy (non-hydrogen) atoms. The highest BCUT2D eigenvalue weighted by Crippen LogP contribution is 2.66. The van der Waals surface area contributed by atoms with Crippen molar-refractivity contribution in [1.82, 2.24) is 9.78 Å². The van der Waals surface area contributed by atoms with Crippen molar-refractivity contribution in [1.29, 1.82) is 0 Å². The third kappa shape index (κ3) is 1.42. The molecule has 0 spiro atoms. The number of nitrogens with one attached hydrogen (secondary N) is 1. The molecule has 1 fully saturated rings. The summed E-state index contributed by atoms with van der Waals surface area (Å²) >= 11 is 0. The van der Waals surface area contributed by atoms with Gasteiger partial charge in [-0.15, -0.1) is 0 Å². The van der Waals surface area contributed by atoms with Gasteiger partial charge < -0.3 is 0 Å². The molecule has 1 aromatic heterocycles. The van der Waals surface area contributed by atoms with Gasteiger partial charge in [-0.2, -0.15) is 0 Å². The van der Waals surface area contributed by atoms with Crippen molar-refractivity contribution in [2.45, 2.75) is 44.9 Å². The lowest BCUT2D eigenvalue weighted by Crippen LogP contribution is -2.33. The third-order valence-corrected chi connectivity index (χ3v) is 7.06. The molecule has 0 aliphatic heterocycles. The largest absolute Gasteiger partial charge is 0.294 e. The predicted octanol–water partition coefficient (Wildman–Crippen LogP) is 4.49. The molecule has 3 heteroatoms. The van der Waals surface area contributed by atoms with Gasteiger partial charge in [-0.3, -0.25) is 9.89 Å². The molecule has 2 bridgehead atoms. The van der Waals surface area contributed by atoms with Crippen LogP contribution >= 0.6 is 0 Å². The molecule has 2 aromatic carbocycles. The minimum Gasteiger partial charge on any atom is -0.294 e. The van der Waals surface area contributed by atoms with Gasteiger partial charge in [0.05, 0.1) is 5.69 Å². The molecule has 2 unspecified atom stereocenters. The van der Waals surface area contributed by atoms with Crippen LogP contribution in [0.25, 0.3) is 16.5 Å². The molecule has 1 saturated carbocycles. The Balaban J connectivity index is 1.80. The van der Waals surface area contributed by atoms with E-state index in [1.165, 1.54) is 5.69 Å². The molecular formula is C21H22N2O. The number of rotatable bonds is 1. The van der Waals surface area contributed by atoms with E-state index >= 15 is 0 Å². The first kappa shape index (κ1) is 14.1. The minimum absolute atomic E-state index is 0.0714. The highest BCUT2D eigenvalue weighted by Gasteiger charge is 2.61. The van der Waals surface area contributed by atoms with E-state index < -0.39 is 0 Å². The van der Waals surface area contributed by atoms with Crippen LogP contribution in [-0.4, -0.2) is 9.78 Å². The van der Waals surface area contributed by atoms with Gasteiger partial charge in [-0.05, 0) is 35.6 Å². The molecule has 122 valence electrons. The van der Waals surface area contributed by atoms with Gasteiger partial charge in [0.25, 0.3) is 5.56 Å². The van der Waals surface area contributed by atoms with E-state index in [1.807, 2.05) is 24.3 Å². The van der Waals surface area contributed by atoms with Gasteiger partial charge in [0.1, 0.15) is 0 Å². The molecule has 0 radical (unpaired) electrons. The first-order chi connectivity index (χ1) is 11.4. The van der Waals surface area contributed by atoms with E-state index in [4.69, 9.17) is 0 Å². The topological polar surface area (TPSA) is 37.8 Å². The summed E-state index contributed by atoms with van der Waals surface area (Å²) in [4.78, 5) is 13.3. The fourth-order valence-corrected chi connectivity index (χ4v) is 5.22. The Labute approximate surface area is 141 Å². The second-order valence-electron chi connectivity index (χ2n) is 8.18. The highest BCUT2D eigenvalue weighted by molar-refractivity contribution is 5.90. The average molecular weight is 318 g/mol. The SMILES string of the molecule is CC12CCC(c3c1[nH]n(-c1cccc4ccccc14)c3=O)C2(C)C. The summed E-state index contributed by atoms with van der Waals surface area (Å²) in [7, 11) is 0. The Morgan fingerprint density at radius 2 is 1.83 bits per heavy atom. The standard InChI is InChI=1S/C21H22N2O/c1-20(2)15-11-12-21(20,3)18-17(15)19(24)23(22-18)16-10-6-8-13-7-4-5-9-14(13)16/h4-10,15,22H,11-12H2,1-3H3. The lowest BCUT2D eigenvalue weighted by Gasteiger charge is -2.34. The monoisotopic (exact) mass is 318 g/mol. The van der Waals surface area contributed by atoms with Crippen LogP contribution in [0.2, 0.25) is 0 Å². The Kier molecular flexibility index (Phi) is 2.47. The molecule has 2 atom stereocenters. The van der Waals surface area contributed by atoms with E-state index in [1.54, 1.807) is 4.68 Å². The maximum atomic E-state index is 13.3. The number of benzene rings is 2. The van der Waals surface area contributed by atoms with E-state index in [0.717, 1.165) is 34.9 Å². The molecule has 3 aromatic rings. The van der Waals surface area contributed by atoms with Crippen LogP contribution in [0.5, 0.6) is 0 Å². The molecule has 0 saturated heterocycles. The number of fused-ring (bicyclic) bond motifs is 6. The number of hydrogen-bond donors (Lipinski definition) is 1. The summed E-state index contributed by atoms with van der Waals surface area (Å²) in [6.45, 7) is 6.96. The normalized spacial score (nSPS) is 26.9. The van der Waals surface area contributed by atoms with Crippen molar-refractivity contribution in [3.05, 3.63) is 64.1 Å². The highest BCUT2D eigenvalue weighted by atomic mass is 16.1. The Morgan fingerprint density at radius 3 is 2.62 bits per heavy atom. The summed E-state index contributed by atoms with van der Waals surface area (Å²) < 4.78 is 1.78. The summed E-state index contributed by atoms with van der Waals surface area (Å²) in [6.07, 6.45) is 2.28. The van der Waals surface area contributed by atoms with Gasteiger partial charge >= 0.3 is 0 Å². The van der Waals surface area contributed by atoms with Crippen molar-refractivity contribution in [3.63, 3.8) is 0 Å². The van der Waals surface area contributed by atoms with Crippen LogP contribution in [0.1, 0.15) is 50.8 Å². The molecule has 2 aliphatic carbocycles. The second kappa shape index (κ2) is 4.21. The second-order valence-corrected chi connectivity index (χ2v) is 8.18. The molecule has 1 heterocycles. The molecule has 2 aliphatic rings. The third-order valence-electron chi connectivity index (χ3n) is 7.06. The van der Waals surface area contributed by atoms with Crippen molar-refractivity contribution >= 4 is 10.8 Å². The molecule has 0 amide bonds. The fourth-order valence-electron chi connectivity index (χ4n) is 5.22. The van der Waals surface area contributed by atoms with Crippen LogP contribution in [0.4, 0.5) is 0 Å². The number of hydrogen-bond acceptors (Lipinski definition) is 1. The van der Waals surface area contributed by atoms with Crippen LogP contribution in [0.3, 0.4) is 0 Å². The van der Waals surface area contributed by atoms with Crippen LogP contribution in [0.15, 0.2) is 47.3 Å². The van der Waals surface area contributed by atoms with E-state index in [2.05, 4.69) is 44.1 Å². The summed E-state index contributed by atoms with van der Waals surface area (Å²) in [5, 5.41) is 5.77. The van der Waals surface area contributed by atoms with Gasteiger partial charge in [-0.25, -0.2) is 4.68 Å². The van der Waals surface area contributed by atoms with E-state index in [9.17, 15) is 4.79 Å². The van der Waals surface area contributed by atoms with Crippen molar-refractivity contribution in [2.24, 2.45) is 5.41 Å². The zero-order valence-electron chi connectivity index (χ0n) is 14.4. The van der Waals surface area contributed by atoms with Gasteiger partial charge in [0.15, 0.2) is 0 Å². The van der Waals surface area contributed by atoms with Crippen molar-refractivity contribution in [3.8, 4) is 5.69 Å². The van der Waals surface area contributed by atoms with Crippen LogP contribution in [-0.2, 0) is 5.41 Å². The lowest BCUT2D eigenvalue weighted by atomic mass is 9.70. The summed E-state index contributed by atoms with van der Waals surface area (Å²) in [6, 6.07) is 14.4. The Morgan fingerprint density at radius 1 is 1.08 bits per heavy atom. The first-order valence-corrected chi connectivity index (χ1v) is 8.79. The zero-order chi connectivity index (χ0) is 16.7. The van der Waals surface area contributed by atoms with Crippen molar-refractivity contribution in [2.75, 3.05) is 0 Å². The molecule has 5 rings (SSSR count). The quantitative estimate of drug-likeness (QED) is 0.705. The minimum atomic E-state index is 0.0714. The summed E-state index contributed by atoms with van der Waals surface area (Å²) in [5.41, 5.74) is 3.52. The van der Waals surface area contributed by atoms with Gasteiger partial charge in [0.2, 0.25) is 0 Å². The molecule has 3 nitrogen and oxygen atoms in total. The fraction of sp³-hybridized carbons (Fsp3) is 0.381. The molecular weight excluding hydrogens is 296 g/mol.